The molecule has 2 heterocycles. The van der Waals surface area contributed by atoms with Gasteiger partial charge in [0.25, 0.3) is 17.7 Å². The Morgan fingerprint density at radius 3 is 2.07 bits per heavy atom. The summed E-state index contributed by atoms with van der Waals surface area (Å²) in [5, 5.41) is 18.0. The summed E-state index contributed by atoms with van der Waals surface area (Å²) in [6.45, 7) is 13.0. The number of benzene rings is 1. The molecule has 71 heavy (non-hydrogen) atoms. The lowest BCUT2D eigenvalue weighted by atomic mass is 9.95. The molecule has 0 spiro atoms. The highest BCUT2D eigenvalue weighted by Crippen LogP contribution is 2.31. The molecule has 22 heteroatoms. The van der Waals surface area contributed by atoms with Gasteiger partial charge in [0.15, 0.2) is 6.10 Å². The maximum atomic E-state index is 13.0. The Kier molecular flexibility index (Phi) is 25.5. The Morgan fingerprint density at radius 2 is 1.45 bits per heavy atom. The van der Waals surface area contributed by atoms with Gasteiger partial charge in [-0.05, 0) is 48.3 Å². The summed E-state index contributed by atoms with van der Waals surface area (Å²) >= 11 is 2.72. The Morgan fingerprint density at radius 1 is 0.803 bits per heavy atom. The van der Waals surface area contributed by atoms with Gasteiger partial charge in [-0.25, -0.2) is 4.98 Å². The number of hydrogen-bond donors (Lipinski definition) is 6. The first-order valence-corrected chi connectivity index (χ1v) is 26.0. The molecule has 0 unspecified atom stereocenters. The highest BCUT2D eigenvalue weighted by atomic mass is 32.2. The number of imide groups is 1. The summed E-state index contributed by atoms with van der Waals surface area (Å²) in [6.07, 6.45) is 4.18. The number of ether oxygens (including phenoxy) is 1. The number of thiazole rings is 1. The second-order valence-electron chi connectivity index (χ2n) is 18.0. The topological polar surface area (TPSA) is 271 Å². The van der Waals surface area contributed by atoms with Crippen molar-refractivity contribution in [2.75, 3.05) is 50.8 Å². The molecule has 3 rings (SSSR count). The van der Waals surface area contributed by atoms with Crippen LogP contribution in [0.15, 0.2) is 41.8 Å². The van der Waals surface area contributed by atoms with Crippen molar-refractivity contribution in [3.05, 3.63) is 58.1 Å². The summed E-state index contributed by atoms with van der Waals surface area (Å²) in [5.41, 5.74) is 1.57. The van der Waals surface area contributed by atoms with Gasteiger partial charge in [-0.3, -0.25) is 52.8 Å². The Bertz CT molecular complexity index is 2180. The van der Waals surface area contributed by atoms with Crippen molar-refractivity contribution >= 4 is 87.9 Å². The Labute approximate surface area is 424 Å². The van der Waals surface area contributed by atoms with E-state index >= 15 is 0 Å². The van der Waals surface area contributed by atoms with E-state index in [1.807, 2.05) is 39.8 Å². The molecule has 0 fully saturated rings. The van der Waals surface area contributed by atoms with Gasteiger partial charge in [0.2, 0.25) is 35.4 Å². The number of nitrogens with one attached hydrogen (secondary N) is 6. The van der Waals surface area contributed by atoms with E-state index in [1.165, 1.54) is 24.5 Å². The molecule has 0 saturated carbocycles. The van der Waals surface area contributed by atoms with Gasteiger partial charge in [0.1, 0.15) is 16.7 Å². The van der Waals surface area contributed by atoms with Crippen molar-refractivity contribution < 1.29 is 52.7 Å². The van der Waals surface area contributed by atoms with Gasteiger partial charge in [0.05, 0.1) is 13.1 Å². The van der Waals surface area contributed by atoms with Gasteiger partial charge >= 0.3 is 5.97 Å². The van der Waals surface area contributed by atoms with Crippen LogP contribution in [-0.4, -0.2) is 132 Å². The quantitative estimate of drug-likeness (QED) is 0.0358. The third-order valence-electron chi connectivity index (χ3n) is 11.4. The lowest BCUT2D eigenvalue weighted by molar-refractivity contribution is -0.148. The molecule has 1 aromatic heterocycles. The zero-order chi connectivity index (χ0) is 52.6. The van der Waals surface area contributed by atoms with E-state index in [9.17, 15) is 47.9 Å². The van der Waals surface area contributed by atoms with Crippen LogP contribution in [-0.2, 0) is 53.6 Å². The first-order chi connectivity index (χ1) is 33.7. The summed E-state index contributed by atoms with van der Waals surface area (Å²) in [4.78, 5) is 131. The molecule has 6 N–H and O–H groups in total. The average molecular weight is 1030 g/mol. The van der Waals surface area contributed by atoms with Crippen LogP contribution >= 0.6 is 23.1 Å². The van der Waals surface area contributed by atoms with Crippen molar-refractivity contribution in [3.8, 4) is 0 Å². The predicted octanol–water partition coefficient (Wildman–Crippen LogP) is 3.63. The molecule has 1 aliphatic heterocycles. The first kappa shape index (κ1) is 59.2. The van der Waals surface area contributed by atoms with Crippen LogP contribution in [0, 0.1) is 17.8 Å². The van der Waals surface area contributed by atoms with Gasteiger partial charge in [-0.15, -0.1) is 11.3 Å². The summed E-state index contributed by atoms with van der Waals surface area (Å²) < 4.78 is 5.63. The normalized spacial score (nSPS) is 13.8. The number of anilines is 1. The molecule has 9 amide bonds. The van der Waals surface area contributed by atoms with E-state index in [4.69, 9.17) is 4.74 Å². The van der Waals surface area contributed by atoms with Crippen LogP contribution in [0.4, 0.5) is 5.69 Å². The predicted molar refractivity (Wildman–Crippen MR) is 270 cm³/mol. The average Bonchev–Trinajstić information content (AvgIpc) is 3.95. The molecule has 390 valence electrons. The van der Waals surface area contributed by atoms with Crippen LogP contribution in [0.5, 0.6) is 0 Å². The fraction of sp³-hybridized carbons (Fsp3) is 0.571. The minimum Gasteiger partial charge on any atom is -0.455 e. The van der Waals surface area contributed by atoms with Crippen LogP contribution in [0.1, 0.15) is 121 Å². The second-order valence-corrected chi connectivity index (χ2v) is 20.0. The smallest absolute Gasteiger partial charge is 0.303 e. The molecule has 0 aliphatic carbocycles. The number of rotatable bonds is 31. The number of thioether (sulfide) groups is 1. The molecule has 2 aromatic rings. The number of amides is 9. The molecule has 4 atom stereocenters. The third-order valence-corrected chi connectivity index (χ3v) is 13.4. The summed E-state index contributed by atoms with van der Waals surface area (Å²) in [6, 6.07) is 6.02. The number of carbonyl (C=O) groups excluding carboxylic acids is 10. The highest BCUT2D eigenvalue weighted by molar-refractivity contribution is 7.98. The minimum atomic E-state index is -0.892. The molecule has 0 bridgehead atoms. The van der Waals surface area contributed by atoms with Gasteiger partial charge in [-0.2, -0.15) is 11.8 Å². The third kappa shape index (κ3) is 21.4. The van der Waals surface area contributed by atoms with Crippen molar-refractivity contribution in [3.63, 3.8) is 0 Å². The zero-order valence-corrected chi connectivity index (χ0v) is 43.7. The maximum absolute atomic E-state index is 13.0. The lowest BCUT2D eigenvalue weighted by Crippen LogP contribution is -2.51. The van der Waals surface area contributed by atoms with Crippen LogP contribution < -0.4 is 31.9 Å². The van der Waals surface area contributed by atoms with Crippen LogP contribution in [0.2, 0.25) is 0 Å². The van der Waals surface area contributed by atoms with Crippen molar-refractivity contribution in [1.29, 1.82) is 0 Å². The number of hydrogen-bond acceptors (Lipinski definition) is 14. The minimum absolute atomic E-state index is 0.00330. The fourth-order valence-corrected chi connectivity index (χ4v) is 8.85. The molecule has 0 radical (unpaired) electrons. The van der Waals surface area contributed by atoms with E-state index in [0.29, 0.717) is 54.4 Å². The van der Waals surface area contributed by atoms with E-state index in [0.717, 1.165) is 28.2 Å². The number of nitrogens with zero attached hydrogens (tertiary/aromatic N) is 3. The van der Waals surface area contributed by atoms with Gasteiger partial charge in [-0.1, -0.05) is 60.1 Å². The molecular weight excluding hydrogens is 955 g/mol. The maximum Gasteiger partial charge on any atom is 0.303 e. The standard InChI is InChI=1S/C49H71N9O11S2/c1-9-32(6)24-45(66)57(8)37(30(2)3)25-38(69-33(7)59)49-55-36(29-71-49)47(67)52-26-41(62)51-21-11-20-50-39(60)19-23-70-28-34-13-15-35(16-14-34)54-42(63)27-53-48(68)46(31(4)5)56-40(61)12-10-22-58-43(64)17-18-44(58)65/h13-18,29-32,37-38,46H,9-12,19-28H2,1-8H3,(H,50,60)(H,51,62)(H,52,67)(H,53,68)(H,54,63)(H,56,61)/t32-,37+,38+,46-/m0/s1. The van der Waals surface area contributed by atoms with E-state index in [-0.39, 0.29) is 80.3 Å². The number of aromatic nitrogens is 1. The first-order valence-electron chi connectivity index (χ1n) is 24.0. The van der Waals surface area contributed by atoms with E-state index in [2.05, 4.69) is 36.9 Å². The monoisotopic (exact) mass is 1030 g/mol. The van der Waals surface area contributed by atoms with Crippen molar-refractivity contribution in [2.24, 2.45) is 17.8 Å². The fourth-order valence-electron chi connectivity index (χ4n) is 7.11. The second kappa shape index (κ2) is 30.5. The zero-order valence-electron chi connectivity index (χ0n) is 42.1. The lowest BCUT2D eigenvalue weighted by Gasteiger charge is -2.34. The number of carbonyl (C=O) groups is 10. The van der Waals surface area contributed by atoms with Gasteiger partial charge in [0, 0.05) is 100 Å². The Balaban J connectivity index is 1.28. The van der Waals surface area contributed by atoms with Crippen molar-refractivity contribution in [1.82, 2.24) is 41.4 Å². The van der Waals surface area contributed by atoms with Crippen LogP contribution in [0.25, 0.3) is 0 Å². The molecule has 1 aromatic carbocycles. The molecule has 1 aliphatic rings. The largest absolute Gasteiger partial charge is 0.455 e. The van der Waals surface area contributed by atoms with E-state index in [1.54, 1.807) is 49.7 Å². The number of esters is 1. The SMILES string of the molecule is CC[C@H](C)CC(=O)N(C)[C@H](C[C@@H](OC(C)=O)c1nc(C(=O)NCC(=O)NCCCNC(=O)CCSCc2ccc(NC(=O)CNC(=O)[C@@H](NC(=O)CCCN3C(=O)C=CC3=O)C(C)C)cc2)cs1)C(C)C. The molecule has 0 saturated heterocycles. The highest BCUT2D eigenvalue weighted by Gasteiger charge is 2.31. The molecular formula is C49H71N9O11S2. The van der Waals surface area contributed by atoms with Crippen molar-refractivity contribution in [2.45, 2.75) is 117 Å². The summed E-state index contributed by atoms with van der Waals surface area (Å²) in [5.74, 6) is -2.66. The van der Waals surface area contributed by atoms with Gasteiger partial charge < -0.3 is 41.5 Å². The van der Waals surface area contributed by atoms with E-state index < -0.39 is 59.5 Å². The summed E-state index contributed by atoms with van der Waals surface area (Å²) in [7, 11) is 1.76. The Hall–Kier alpha value is -6.16. The molecule has 20 nitrogen and oxygen atoms in total. The van der Waals surface area contributed by atoms with Crippen LogP contribution in [0.3, 0.4) is 0 Å².